The molecule has 1 aliphatic heterocycles. The number of hydrogen-bond acceptors (Lipinski definition) is 5. The maximum Gasteiger partial charge on any atom is 0.253 e. The van der Waals surface area contributed by atoms with Crippen LogP contribution < -0.4 is 4.74 Å². The zero-order valence-electron chi connectivity index (χ0n) is 15.7. The third-order valence-corrected chi connectivity index (χ3v) is 5.18. The van der Waals surface area contributed by atoms with E-state index in [2.05, 4.69) is 20.3 Å². The van der Waals surface area contributed by atoms with Crippen LogP contribution in [0.5, 0.6) is 5.88 Å². The van der Waals surface area contributed by atoms with E-state index in [0.717, 1.165) is 23.7 Å². The first-order valence-electron chi connectivity index (χ1n) is 9.63. The van der Waals surface area contributed by atoms with Crippen LogP contribution in [0, 0.1) is 0 Å². The molecule has 1 aromatic carbocycles. The van der Waals surface area contributed by atoms with Crippen LogP contribution in [0.2, 0.25) is 0 Å². The zero-order valence-corrected chi connectivity index (χ0v) is 15.7. The van der Waals surface area contributed by atoms with Crippen molar-refractivity contribution in [2.24, 2.45) is 0 Å². The molecule has 0 atom stereocenters. The fourth-order valence-electron chi connectivity index (χ4n) is 3.61. The summed E-state index contributed by atoms with van der Waals surface area (Å²) in [5, 5.41) is 13.5. The maximum atomic E-state index is 12.8. The largest absolute Gasteiger partial charge is 0.473 e. The lowest BCUT2D eigenvalue weighted by atomic mass is 10.1. The van der Waals surface area contributed by atoms with E-state index in [0.29, 0.717) is 30.4 Å². The van der Waals surface area contributed by atoms with Gasteiger partial charge in [0.05, 0.1) is 0 Å². The molecule has 1 N–H and O–H groups in total. The normalized spacial score (nSPS) is 15.0. The van der Waals surface area contributed by atoms with E-state index in [-0.39, 0.29) is 12.0 Å². The molecule has 4 aromatic rings. The minimum atomic E-state index is 0.0230. The van der Waals surface area contributed by atoms with Crippen molar-refractivity contribution in [2.75, 3.05) is 13.1 Å². The van der Waals surface area contributed by atoms with Gasteiger partial charge in [0.15, 0.2) is 5.82 Å². The first-order valence-corrected chi connectivity index (χ1v) is 9.63. The maximum absolute atomic E-state index is 12.8. The molecule has 0 unspecified atom stereocenters. The van der Waals surface area contributed by atoms with Crippen LogP contribution in [0.3, 0.4) is 0 Å². The predicted molar refractivity (Wildman–Crippen MR) is 107 cm³/mol. The van der Waals surface area contributed by atoms with Crippen LogP contribution in [0.25, 0.3) is 16.7 Å². The highest BCUT2D eigenvalue weighted by atomic mass is 16.5. The molecule has 4 heterocycles. The van der Waals surface area contributed by atoms with Gasteiger partial charge >= 0.3 is 0 Å². The van der Waals surface area contributed by atoms with Gasteiger partial charge in [0.25, 0.3) is 5.91 Å². The lowest BCUT2D eigenvalue weighted by molar-refractivity contribution is 0.0586. The molecule has 1 fully saturated rings. The highest BCUT2D eigenvalue weighted by Gasteiger charge is 2.25. The lowest BCUT2D eigenvalue weighted by Gasteiger charge is -2.32. The summed E-state index contributed by atoms with van der Waals surface area (Å²) in [4.78, 5) is 17.9. The number of nitrogens with one attached hydrogen (secondary N) is 1. The van der Waals surface area contributed by atoms with Crippen molar-refractivity contribution in [3.8, 4) is 11.7 Å². The van der Waals surface area contributed by atoms with Crippen LogP contribution in [0.1, 0.15) is 23.2 Å². The summed E-state index contributed by atoms with van der Waals surface area (Å²) in [6.07, 6.45) is 6.93. The average Bonchev–Trinajstić information content (AvgIpc) is 3.46. The number of ether oxygens (including phenoxy) is 1. The number of piperidine rings is 1. The Balaban J connectivity index is 1.18. The van der Waals surface area contributed by atoms with E-state index in [1.807, 2.05) is 53.7 Å². The monoisotopic (exact) mass is 388 g/mol. The Morgan fingerprint density at radius 2 is 2.00 bits per heavy atom. The van der Waals surface area contributed by atoms with Crippen LogP contribution in [0.4, 0.5) is 0 Å². The van der Waals surface area contributed by atoms with Crippen molar-refractivity contribution in [1.29, 1.82) is 0 Å². The van der Waals surface area contributed by atoms with Gasteiger partial charge in [-0.2, -0.15) is 5.10 Å². The average molecular weight is 388 g/mol. The molecule has 3 aromatic heterocycles. The van der Waals surface area contributed by atoms with Crippen molar-refractivity contribution in [2.45, 2.75) is 18.9 Å². The van der Waals surface area contributed by atoms with Gasteiger partial charge in [0, 0.05) is 61.7 Å². The van der Waals surface area contributed by atoms with Gasteiger partial charge in [-0.25, -0.2) is 4.68 Å². The highest BCUT2D eigenvalue weighted by Crippen LogP contribution is 2.21. The number of amides is 1. The first-order chi connectivity index (χ1) is 14.3. The quantitative estimate of drug-likeness (QED) is 0.581. The Bertz CT molecular complexity index is 1110. The SMILES string of the molecule is O=C(c1ccc2cc[nH]c2c1)N1CCC(Oc2ccc(-n3cccn3)nn2)CC1. The number of nitrogens with zero attached hydrogens (tertiary/aromatic N) is 5. The van der Waals surface area contributed by atoms with E-state index >= 15 is 0 Å². The topological polar surface area (TPSA) is 88.9 Å². The number of rotatable bonds is 4. The van der Waals surface area contributed by atoms with Crippen LogP contribution in [0.15, 0.2) is 61.1 Å². The standard InChI is InChI=1S/C21H20N6O2/c28-21(16-3-2-15-6-10-22-18(15)14-16)26-12-7-17(8-13-26)29-20-5-4-19(24-25-20)27-11-1-9-23-27/h1-6,9-11,14,17,22H,7-8,12-13H2. The zero-order chi connectivity index (χ0) is 19.6. The Kier molecular flexibility index (Phi) is 4.44. The highest BCUT2D eigenvalue weighted by molar-refractivity contribution is 5.98. The second-order valence-electron chi connectivity index (χ2n) is 7.07. The Hall–Kier alpha value is -3.68. The fraction of sp³-hybridized carbons (Fsp3) is 0.238. The van der Waals surface area contributed by atoms with Crippen LogP contribution >= 0.6 is 0 Å². The second kappa shape index (κ2) is 7.38. The van der Waals surface area contributed by atoms with Crippen LogP contribution in [-0.4, -0.2) is 55.0 Å². The molecule has 8 nitrogen and oxygen atoms in total. The molecule has 1 amide bonds. The minimum absolute atomic E-state index is 0.0230. The number of carbonyl (C=O) groups is 1. The Morgan fingerprint density at radius 3 is 2.76 bits per heavy atom. The molecule has 0 saturated carbocycles. The first kappa shape index (κ1) is 17.4. The predicted octanol–water partition coefficient (Wildman–Crippen LogP) is 2.83. The van der Waals surface area contributed by atoms with Gasteiger partial charge in [0.2, 0.25) is 5.88 Å². The van der Waals surface area contributed by atoms with E-state index < -0.39 is 0 Å². The van der Waals surface area contributed by atoms with E-state index in [4.69, 9.17) is 4.74 Å². The lowest BCUT2D eigenvalue weighted by Crippen LogP contribution is -2.41. The number of hydrogen-bond donors (Lipinski definition) is 1. The summed E-state index contributed by atoms with van der Waals surface area (Å²) in [6, 6.07) is 13.2. The number of aromatic nitrogens is 5. The minimum Gasteiger partial charge on any atom is -0.473 e. The van der Waals surface area contributed by atoms with E-state index in [1.165, 1.54) is 0 Å². The van der Waals surface area contributed by atoms with Crippen molar-refractivity contribution in [1.82, 2.24) is 29.9 Å². The molecule has 1 saturated heterocycles. The van der Waals surface area contributed by atoms with Gasteiger partial charge in [-0.3, -0.25) is 4.79 Å². The fourth-order valence-corrected chi connectivity index (χ4v) is 3.61. The van der Waals surface area contributed by atoms with Crippen molar-refractivity contribution < 1.29 is 9.53 Å². The van der Waals surface area contributed by atoms with Crippen molar-refractivity contribution in [3.63, 3.8) is 0 Å². The molecule has 0 radical (unpaired) electrons. The number of fused-ring (bicyclic) bond motifs is 1. The smallest absolute Gasteiger partial charge is 0.253 e. The third kappa shape index (κ3) is 3.56. The third-order valence-electron chi connectivity index (χ3n) is 5.18. The van der Waals surface area contributed by atoms with Crippen LogP contribution in [-0.2, 0) is 0 Å². The van der Waals surface area contributed by atoms with Gasteiger partial charge < -0.3 is 14.6 Å². The molecule has 0 spiro atoms. The summed E-state index contributed by atoms with van der Waals surface area (Å²) in [5.74, 6) is 1.19. The van der Waals surface area contributed by atoms with Crippen molar-refractivity contribution in [3.05, 3.63) is 66.6 Å². The molecule has 146 valence electrons. The molecule has 5 rings (SSSR count). The summed E-state index contributed by atoms with van der Waals surface area (Å²) >= 11 is 0. The molecule has 8 heteroatoms. The summed E-state index contributed by atoms with van der Waals surface area (Å²) in [7, 11) is 0. The summed E-state index contributed by atoms with van der Waals surface area (Å²) < 4.78 is 7.61. The molecule has 29 heavy (non-hydrogen) atoms. The number of carbonyl (C=O) groups excluding carboxylic acids is 1. The van der Waals surface area contributed by atoms with Gasteiger partial charge in [-0.05, 0) is 35.7 Å². The van der Waals surface area contributed by atoms with Crippen molar-refractivity contribution >= 4 is 16.8 Å². The second-order valence-corrected chi connectivity index (χ2v) is 7.07. The molecular weight excluding hydrogens is 368 g/mol. The molecule has 0 bridgehead atoms. The molecule has 1 aliphatic rings. The van der Waals surface area contributed by atoms with Gasteiger partial charge in [0.1, 0.15) is 6.10 Å². The van der Waals surface area contributed by atoms with E-state index in [9.17, 15) is 4.79 Å². The molecule has 0 aliphatic carbocycles. The summed E-state index contributed by atoms with van der Waals surface area (Å²) in [5.41, 5.74) is 1.69. The van der Waals surface area contributed by atoms with E-state index in [1.54, 1.807) is 16.9 Å². The Labute approximate surface area is 167 Å². The number of likely N-dealkylation sites (tertiary alicyclic amines) is 1. The van der Waals surface area contributed by atoms with Gasteiger partial charge in [-0.1, -0.05) is 6.07 Å². The Morgan fingerprint density at radius 1 is 1.10 bits per heavy atom. The van der Waals surface area contributed by atoms with Gasteiger partial charge in [-0.15, -0.1) is 10.2 Å². The number of benzene rings is 1. The number of H-pyrrole nitrogens is 1. The summed E-state index contributed by atoms with van der Waals surface area (Å²) in [6.45, 7) is 1.32. The number of aromatic amines is 1. The molecular formula is C21H20N6O2.